The van der Waals surface area contributed by atoms with Crippen LogP contribution in [0.5, 0.6) is 11.5 Å². The number of carbonyl (C=O) groups is 2. The van der Waals surface area contributed by atoms with Gasteiger partial charge >= 0.3 is 12.0 Å². The van der Waals surface area contributed by atoms with E-state index in [0.717, 1.165) is 12.0 Å². The fraction of sp³-hybridized carbons (Fsp3) is 0.385. The molecule has 0 saturated carbocycles. The summed E-state index contributed by atoms with van der Waals surface area (Å²) in [5.74, 6) is 0.622. The van der Waals surface area contributed by atoms with Crippen LogP contribution in [0.4, 0.5) is 4.79 Å². The largest absolute Gasteiger partial charge is 0.490 e. The molecule has 0 aliphatic carbocycles. The van der Waals surface area contributed by atoms with Gasteiger partial charge in [0, 0.05) is 10.7 Å². The number of benzene rings is 2. The second-order valence-electron chi connectivity index (χ2n) is 8.18. The molecule has 0 saturated heterocycles. The Labute approximate surface area is 205 Å². The topological polar surface area (TPSA) is 85.9 Å². The minimum Gasteiger partial charge on any atom is -0.490 e. The lowest BCUT2D eigenvalue weighted by Crippen LogP contribution is -2.46. The lowest BCUT2D eigenvalue weighted by atomic mass is 9.93. The summed E-state index contributed by atoms with van der Waals surface area (Å²) in [6.45, 7) is 8.23. The van der Waals surface area contributed by atoms with Crippen LogP contribution in [0, 0.1) is 0 Å². The van der Waals surface area contributed by atoms with Crippen LogP contribution in [-0.4, -0.2) is 24.7 Å². The van der Waals surface area contributed by atoms with Gasteiger partial charge in [-0.2, -0.15) is 0 Å². The molecule has 1 aliphatic heterocycles. The predicted molar refractivity (Wildman–Crippen MR) is 131 cm³/mol. The molecular formula is C26H31ClN2O5. The van der Waals surface area contributed by atoms with Gasteiger partial charge in [0.15, 0.2) is 11.5 Å². The molecule has 2 N–H and O–H groups in total. The summed E-state index contributed by atoms with van der Waals surface area (Å²) in [4.78, 5) is 25.4. The molecule has 1 aliphatic rings. The van der Waals surface area contributed by atoms with Crippen molar-refractivity contribution in [2.45, 2.75) is 59.3 Å². The fourth-order valence-corrected chi connectivity index (χ4v) is 3.79. The predicted octanol–water partition coefficient (Wildman–Crippen LogP) is 5.68. The number of esters is 1. The van der Waals surface area contributed by atoms with Gasteiger partial charge in [-0.05, 0) is 62.6 Å². The van der Waals surface area contributed by atoms with E-state index in [2.05, 4.69) is 10.6 Å². The SMILES string of the molecule is CCCC1=C(C(=O)OC(C)C)C(c2ccc(OCc3ccc(Cl)cc3)c(OCC)c2)NC(=O)N1. The second-order valence-corrected chi connectivity index (χ2v) is 8.62. The van der Waals surface area contributed by atoms with E-state index in [-0.39, 0.29) is 12.1 Å². The van der Waals surface area contributed by atoms with Gasteiger partial charge in [-0.25, -0.2) is 9.59 Å². The quantitative estimate of drug-likeness (QED) is 0.422. The average molecular weight is 487 g/mol. The van der Waals surface area contributed by atoms with Crippen LogP contribution < -0.4 is 20.1 Å². The molecule has 2 aromatic carbocycles. The molecule has 2 aromatic rings. The summed E-state index contributed by atoms with van der Waals surface area (Å²) in [7, 11) is 0. The Kier molecular flexibility index (Phi) is 8.82. The molecule has 2 amide bonds. The number of nitrogens with one attached hydrogen (secondary N) is 2. The summed E-state index contributed by atoms with van der Waals surface area (Å²) in [5, 5.41) is 6.30. The zero-order valence-electron chi connectivity index (χ0n) is 19.9. The second kappa shape index (κ2) is 11.8. The van der Waals surface area contributed by atoms with Gasteiger partial charge in [0.25, 0.3) is 0 Å². The van der Waals surface area contributed by atoms with Gasteiger partial charge in [-0.3, -0.25) is 0 Å². The summed E-state index contributed by atoms with van der Waals surface area (Å²) in [6, 6.07) is 11.8. The number of halogens is 1. The molecule has 7 nitrogen and oxygen atoms in total. The number of hydrogen-bond donors (Lipinski definition) is 2. The highest BCUT2D eigenvalue weighted by molar-refractivity contribution is 6.30. The van der Waals surface area contributed by atoms with Crippen molar-refractivity contribution < 1.29 is 23.8 Å². The molecule has 0 radical (unpaired) electrons. The van der Waals surface area contributed by atoms with E-state index in [1.54, 1.807) is 26.0 Å². The van der Waals surface area contributed by atoms with E-state index in [4.69, 9.17) is 25.8 Å². The van der Waals surface area contributed by atoms with Crippen LogP contribution in [0.25, 0.3) is 0 Å². The maximum atomic E-state index is 13.0. The summed E-state index contributed by atoms with van der Waals surface area (Å²) in [5.41, 5.74) is 2.63. The van der Waals surface area contributed by atoms with Gasteiger partial charge in [0.2, 0.25) is 0 Å². The number of urea groups is 1. The van der Waals surface area contributed by atoms with Crippen molar-refractivity contribution in [3.63, 3.8) is 0 Å². The molecule has 1 atom stereocenters. The summed E-state index contributed by atoms with van der Waals surface area (Å²) >= 11 is 5.96. The molecule has 34 heavy (non-hydrogen) atoms. The minimum absolute atomic E-state index is 0.288. The van der Waals surface area contributed by atoms with E-state index in [0.29, 0.717) is 53.0 Å². The van der Waals surface area contributed by atoms with Crippen LogP contribution in [0.3, 0.4) is 0 Å². The summed E-state index contributed by atoms with van der Waals surface area (Å²) < 4.78 is 17.3. The zero-order valence-corrected chi connectivity index (χ0v) is 20.7. The van der Waals surface area contributed by atoms with E-state index in [9.17, 15) is 9.59 Å². The number of amides is 2. The van der Waals surface area contributed by atoms with Crippen LogP contribution >= 0.6 is 11.6 Å². The van der Waals surface area contributed by atoms with E-state index in [1.807, 2.05) is 44.2 Å². The number of rotatable bonds is 10. The molecular weight excluding hydrogens is 456 g/mol. The number of carbonyl (C=O) groups excluding carboxylic acids is 2. The third kappa shape index (κ3) is 6.44. The lowest BCUT2D eigenvalue weighted by Gasteiger charge is -2.30. The molecule has 1 heterocycles. The molecule has 1 unspecified atom stereocenters. The molecule has 8 heteroatoms. The van der Waals surface area contributed by atoms with Crippen LogP contribution in [-0.2, 0) is 16.1 Å². The van der Waals surface area contributed by atoms with Crippen molar-refractivity contribution in [2.75, 3.05) is 6.61 Å². The zero-order chi connectivity index (χ0) is 24.7. The van der Waals surface area contributed by atoms with Crippen molar-refractivity contribution in [3.05, 3.63) is 69.9 Å². The first kappa shape index (κ1) is 25.4. The van der Waals surface area contributed by atoms with Crippen molar-refractivity contribution in [1.29, 1.82) is 0 Å². The Morgan fingerprint density at radius 3 is 2.44 bits per heavy atom. The van der Waals surface area contributed by atoms with Crippen molar-refractivity contribution >= 4 is 23.6 Å². The highest BCUT2D eigenvalue weighted by Gasteiger charge is 2.34. The first-order valence-corrected chi connectivity index (χ1v) is 11.9. The van der Waals surface area contributed by atoms with E-state index < -0.39 is 12.0 Å². The number of ether oxygens (including phenoxy) is 3. The number of allylic oxidation sites excluding steroid dienone is 1. The van der Waals surface area contributed by atoms with Crippen LogP contribution in [0.2, 0.25) is 5.02 Å². The summed E-state index contributed by atoms with van der Waals surface area (Å²) in [6.07, 6.45) is 1.03. The van der Waals surface area contributed by atoms with Gasteiger partial charge in [-0.15, -0.1) is 0 Å². The van der Waals surface area contributed by atoms with Crippen LogP contribution in [0.1, 0.15) is 57.7 Å². The molecule has 3 rings (SSSR count). The lowest BCUT2D eigenvalue weighted by molar-refractivity contribution is -0.143. The first-order chi connectivity index (χ1) is 16.3. The van der Waals surface area contributed by atoms with Crippen molar-refractivity contribution in [3.8, 4) is 11.5 Å². The molecule has 182 valence electrons. The molecule has 0 aromatic heterocycles. The third-order valence-electron chi connectivity index (χ3n) is 5.12. The minimum atomic E-state index is -0.675. The Morgan fingerprint density at radius 1 is 1.06 bits per heavy atom. The molecule has 0 bridgehead atoms. The average Bonchev–Trinajstić information content (AvgIpc) is 2.78. The van der Waals surface area contributed by atoms with Gasteiger partial charge in [0.1, 0.15) is 6.61 Å². The van der Waals surface area contributed by atoms with Crippen LogP contribution in [0.15, 0.2) is 53.7 Å². The highest BCUT2D eigenvalue weighted by atomic mass is 35.5. The fourth-order valence-electron chi connectivity index (χ4n) is 3.67. The van der Waals surface area contributed by atoms with Crippen molar-refractivity contribution in [2.24, 2.45) is 0 Å². The molecule has 0 spiro atoms. The van der Waals surface area contributed by atoms with Crippen molar-refractivity contribution in [1.82, 2.24) is 10.6 Å². The van der Waals surface area contributed by atoms with Gasteiger partial charge in [0.05, 0.1) is 24.3 Å². The van der Waals surface area contributed by atoms with Gasteiger partial charge in [-0.1, -0.05) is 43.1 Å². The first-order valence-electron chi connectivity index (χ1n) is 11.5. The monoisotopic (exact) mass is 486 g/mol. The van der Waals surface area contributed by atoms with Gasteiger partial charge < -0.3 is 24.8 Å². The standard InChI is InChI=1S/C26H31ClN2O5/c1-5-7-20-23(25(30)34-16(3)4)24(29-26(31)28-20)18-10-13-21(22(14-18)32-6-2)33-15-17-8-11-19(27)12-9-17/h8-14,16,24H,5-7,15H2,1-4H3,(H2,28,29,31). The maximum Gasteiger partial charge on any atom is 0.338 e. The highest BCUT2D eigenvalue weighted by Crippen LogP contribution is 2.36. The maximum absolute atomic E-state index is 13.0. The molecule has 0 fully saturated rings. The van der Waals surface area contributed by atoms with E-state index in [1.165, 1.54) is 0 Å². The Bertz CT molecular complexity index is 1050. The third-order valence-corrected chi connectivity index (χ3v) is 5.38. The Balaban J connectivity index is 1.94. The Morgan fingerprint density at radius 2 is 1.79 bits per heavy atom. The smallest absolute Gasteiger partial charge is 0.338 e. The van der Waals surface area contributed by atoms with E-state index >= 15 is 0 Å². The Hall–Kier alpha value is -3.19. The normalized spacial score (nSPS) is 15.6. The number of hydrogen-bond acceptors (Lipinski definition) is 5.